The minimum Gasteiger partial charge on any atom is -0.468 e. The van der Waals surface area contributed by atoms with Gasteiger partial charge in [0.1, 0.15) is 6.54 Å². The number of rotatable bonds is 4. The van der Waals surface area contributed by atoms with Crippen LogP contribution in [0.25, 0.3) is 0 Å². The zero-order valence-electron chi connectivity index (χ0n) is 9.01. The van der Waals surface area contributed by atoms with Crippen LogP contribution in [-0.4, -0.2) is 53.5 Å². The Balaban J connectivity index is 2.14. The summed E-state index contributed by atoms with van der Waals surface area (Å²) in [4.78, 5) is 11.1. The molecule has 0 atom stereocenters. The largest absolute Gasteiger partial charge is 0.468 e. The summed E-state index contributed by atoms with van der Waals surface area (Å²) in [5, 5.41) is 22.8. The van der Waals surface area contributed by atoms with Crippen LogP contribution in [0, 0.1) is 0 Å². The first-order chi connectivity index (χ1) is 8.20. The maximum Gasteiger partial charge on any atom is 0.327 e. The summed E-state index contributed by atoms with van der Waals surface area (Å²) >= 11 is 1.15. The van der Waals surface area contributed by atoms with Crippen LogP contribution < -0.4 is 0 Å². The lowest BCUT2D eigenvalue weighted by atomic mass is 10.7. The SMILES string of the molecule is COC(=O)Cn1nnnc1Sc1nnnn1C. The van der Waals surface area contributed by atoms with Crippen molar-refractivity contribution in [3.63, 3.8) is 0 Å². The third-order valence-electron chi connectivity index (χ3n) is 1.77. The highest BCUT2D eigenvalue weighted by Gasteiger charge is 2.14. The lowest BCUT2D eigenvalue weighted by Gasteiger charge is -2.01. The molecule has 2 rings (SSSR count). The molecule has 0 N–H and O–H groups in total. The maximum atomic E-state index is 11.1. The Kier molecular flexibility index (Phi) is 3.27. The quantitative estimate of drug-likeness (QED) is 0.604. The predicted octanol–water partition coefficient (Wildman–Crippen LogP) is -1.48. The molecule has 0 aliphatic heterocycles. The minimum absolute atomic E-state index is 0.0584. The molecule has 2 heterocycles. The van der Waals surface area contributed by atoms with Crippen molar-refractivity contribution in [1.82, 2.24) is 40.4 Å². The van der Waals surface area contributed by atoms with Crippen molar-refractivity contribution in [2.45, 2.75) is 16.9 Å². The van der Waals surface area contributed by atoms with Crippen LogP contribution in [-0.2, 0) is 23.1 Å². The number of aryl methyl sites for hydroxylation is 1. The van der Waals surface area contributed by atoms with E-state index < -0.39 is 5.97 Å². The Bertz CT molecular complexity index is 522. The van der Waals surface area contributed by atoms with E-state index in [-0.39, 0.29) is 6.54 Å². The van der Waals surface area contributed by atoms with E-state index in [1.807, 2.05) is 0 Å². The van der Waals surface area contributed by atoms with Crippen LogP contribution in [0.5, 0.6) is 0 Å². The highest BCUT2D eigenvalue weighted by Crippen LogP contribution is 2.21. The summed E-state index contributed by atoms with van der Waals surface area (Å²) < 4.78 is 7.31. The number of carbonyl (C=O) groups is 1. The van der Waals surface area contributed by atoms with Gasteiger partial charge in [-0.25, -0.2) is 9.36 Å². The van der Waals surface area contributed by atoms with Gasteiger partial charge in [0.25, 0.3) is 0 Å². The zero-order valence-corrected chi connectivity index (χ0v) is 9.83. The second kappa shape index (κ2) is 4.86. The zero-order chi connectivity index (χ0) is 12.3. The first kappa shape index (κ1) is 11.4. The molecule has 0 spiro atoms. The Morgan fingerprint density at radius 2 is 2.00 bits per heavy atom. The summed E-state index contributed by atoms with van der Waals surface area (Å²) in [5.74, 6) is -0.435. The highest BCUT2D eigenvalue weighted by atomic mass is 32.2. The molecule has 2 aromatic rings. The number of hydrogen-bond donors (Lipinski definition) is 0. The summed E-state index contributed by atoms with van der Waals surface area (Å²) in [5.41, 5.74) is 0. The predicted molar refractivity (Wildman–Crippen MR) is 52.8 cm³/mol. The van der Waals surface area contributed by atoms with Crippen molar-refractivity contribution in [2.24, 2.45) is 7.05 Å². The average Bonchev–Trinajstić information content (AvgIpc) is 2.90. The number of ether oxygens (including phenoxy) is 1. The van der Waals surface area contributed by atoms with Gasteiger partial charge in [-0.1, -0.05) is 0 Å². The Morgan fingerprint density at radius 1 is 1.29 bits per heavy atom. The third-order valence-corrected chi connectivity index (χ3v) is 2.77. The summed E-state index contributed by atoms with van der Waals surface area (Å²) in [6.07, 6.45) is 0. The average molecular weight is 256 g/mol. The van der Waals surface area contributed by atoms with E-state index in [9.17, 15) is 4.79 Å². The van der Waals surface area contributed by atoms with Crippen LogP contribution in [0.1, 0.15) is 0 Å². The lowest BCUT2D eigenvalue weighted by Crippen LogP contribution is -2.13. The van der Waals surface area contributed by atoms with Gasteiger partial charge in [0.2, 0.25) is 10.3 Å². The summed E-state index contributed by atoms with van der Waals surface area (Å²) in [7, 11) is 2.99. The Labute approximate surface area is 99.3 Å². The van der Waals surface area contributed by atoms with E-state index in [2.05, 4.69) is 35.8 Å². The van der Waals surface area contributed by atoms with Crippen molar-refractivity contribution < 1.29 is 9.53 Å². The molecule has 11 heteroatoms. The fourth-order valence-corrected chi connectivity index (χ4v) is 1.64. The molecule has 0 saturated heterocycles. The van der Waals surface area contributed by atoms with Crippen molar-refractivity contribution >= 4 is 17.7 Å². The van der Waals surface area contributed by atoms with Crippen LogP contribution in [0.3, 0.4) is 0 Å². The molecule has 2 aromatic heterocycles. The molecular weight excluding hydrogens is 248 g/mol. The van der Waals surface area contributed by atoms with Gasteiger partial charge in [0.15, 0.2) is 0 Å². The van der Waals surface area contributed by atoms with E-state index >= 15 is 0 Å². The number of methoxy groups -OCH3 is 1. The van der Waals surface area contributed by atoms with Gasteiger partial charge >= 0.3 is 5.97 Å². The molecule has 10 nitrogen and oxygen atoms in total. The van der Waals surface area contributed by atoms with E-state index in [1.54, 1.807) is 7.05 Å². The van der Waals surface area contributed by atoms with Crippen LogP contribution >= 0.6 is 11.8 Å². The number of aromatic nitrogens is 8. The standard InChI is InChI=1S/C6H8N8O2S/c1-13-5(7-9-11-13)17-6-8-10-12-14(6)3-4(15)16-2/h3H2,1-2H3. The van der Waals surface area contributed by atoms with Crippen molar-refractivity contribution in [3.8, 4) is 0 Å². The van der Waals surface area contributed by atoms with E-state index in [0.717, 1.165) is 11.8 Å². The molecule has 0 aliphatic carbocycles. The van der Waals surface area contributed by atoms with Gasteiger partial charge in [-0.3, -0.25) is 4.79 Å². The van der Waals surface area contributed by atoms with Gasteiger partial charge in [0.05, 0.1) is 7.11 Å². The first-order valence-electron chi connectivity index (χ1n) is 4.44. The van der Waals surface area contributed by atoms with Gasteiger partial charge in [-0.2, -0.15) is 0 Å². The van der Waals surface area contributed by atoms with E-state index in [1.165, 1.54) is 16.5 Å². The second-order valence-electron chi connectivity index (χ2n) is 2.88. The molecule has 0 aliphatic rings. The Morgan fingerprint density at radius 3 is 2.65 bits per heavy atom. The van der Waals surface area contributed by atoms with Crippen LogP contribution in [0.2, 0.25) is 0 Å². The van der Waals surface area contributed by atoms with Crippen LogP contribution in [0.15, 0.2) is 10.3 Å². The number of hydrogen-bond acceptors (Lipinski definition) is 9. The first-order valence-corrected chi connectivity index (χ1v) is 5.25. The van der Waals surface area contributed by atoms with Gasteiger partial charge in [-0.05, 0) is 32.6 Å². The van der Waals surface area contributed by atoms with E-state index in [0.29, 0.717) is 10.3 Å². The molecule has 0 amide bonds. The normalized spacial score (nSPS) is 10.5. The fourth-order valence-electron chi connectivity index (χ4n) is 0.945. The topological polar surface area (TPSA) is 114 Å². The lowest BCUT2D eigenvalue weighted by molar-refractivity contribution is -0.141. The van der Waals surface area contributed by atoms with Crippen molar-refractivity contribution in [1.29, 1.82) is 0 Å². The molecule has 0 fully saturated rings. The molecule has 0 radical (unpaired) electrons. The maximum absolute atomic E-state index is 11.1. The smallest absolute Gasteiger partial charge is 0.327 e. The molecule has 17 heavy (non-hydrogen) atoms. The highest BCUT2D eigenvalue weighted by molar-refractivity contribution is 7.99. The van der Waals surface area contributed by atoms with Crippen molar-refractivity contribution in [3.05, 3.63) is 0 Å². The number of esters is 1. The summed E-state index contributed by atoms with van der Waals surface area (Å²) in [6.45, 7) is -0.0584. The number of tetrazole rings is 2. The van der Waals surface area contributed by atoms with Gasteiger partial charge in [0, 0.05) is 7.05 Å². The second-order valence-corrected chi connectivity index (χ2v) is 3.82. The fraction of sp³-hybridized carbons (Fsp3) is 0.500. The van der Waals surface area contributed by atoms with Crippen molar-refractivity contribution in [2.75, 3.05) is 7.11 Å². The van der Waals surface area contributed by atoms with Gasteiger partial charge < -0.3 is 4.74 Å². The molecule has 0 aromatic carbocycles. The Hall–Kier alpha value is -2.04. The molecular formula is C6H8N8O2S. The molecule has 0 bridgehead atoms. The molecule has 0 saturated carbocycles. The summed E-state index contributed by atoms with van der Waals surface area (Å²) in [6, 6.07) is 0. The number of nitrogens with zero attached hydrogens (tertiary/aromatic N) is 8. The van der Waals surface area contributed by atoms with Crippen LogP contribution in [0.4, 0.5) is 0 Å². The monoisotopic (exact) mass is 256 g/mol. The number of carbonyl (C=O) groups excluding carboxylic acids is 1. The minimum atomic E-state index is -0.435. The van der Waals surface area contributed by atoms with Gasteiger partial charge in [-0.15, -0.1) is 10.2 Å². The molecule has 0 unspecified atom stereocenters. The third kappa shape index (κ3) is 2.55. The molecule has 90 valence electrons. The van der Waals surface area contributed by atoms with E-state index in [4.69, 9.17) is 0 Å².